The number of nitrogens with zero attached hydrogens (tertiary/aromatic N) is 2. The minimum Gasteiger partial charge on any atom is -0.298 e. The Labute approximate surface area is 120 Å². The van der Waals surface area contributed by atoms with E-state index in [1.807, 2.05) is 23.0 Å². The molecule has 0 spiro atoms. The van der Waals surface area contributed by atoms with Crippen LogP contribution in [-0.2, 0) is 6.54 Å². The van der Waals surface area contributed by atoms with Crippen LogP contribution in [0, 0.1) is 5.92 Å². The number of carbonyl (C=O) groups is 1. The van der Waals surface area contributed by atoms with E-state index in [1.165, 1.54) is 5.56 Å². The third kappa shape index (κ3) is 3.16. The van der Waals surface area contributed by atoms with Gasteiger partial charge in [0.2, 0.25) is 0 Å². The molecule has 1 aromatic heterocycles. The first-order valence-corrected chi connectivity index (χ1v) is 7.14. The zero-order valence-corrected chi connectivity index (χ0v) is 12.6. The Morgan fingerprint density at radius 2 is 1.80 bits per heavy atom. The van der Waals surface area contributed by atoms with Crippen molar-refractivity contribution in [1.82, 2.24) is 9.78 Å². The Hall–Kier alpha value is -1.90. The van der Waals surface area contributed by atoms with E-state index in [0.29, 0.717) is 17.4 Å². The molecule has 1 aromatic carbocycles. The molecule has 0 bridgehead atoms. The highest BCUT2D eigenvalue weighted by atomic mass is 16.1. The monoisotopic (exact) mass is 270 g/mol. The van der Waals surface area contributed by atoms with Gasteiger partial charge in [-0.15, -0.1) is 0 Å². The van der Waals surface area contributed by atoms with Crippen LogP contribution in [0.4, 0.5) is 0 Å². The fourth-order valence-electron chi connectivity index (χ4n) is 2.24. The van der Waals surface area contributed by atoms with E-state index in [-0.39, 0.29) is 0 Å². The molecular formula is C17H22N2O. The Kier molecular flexibility index (Phi) is 4.38. The second-order valence-corrected chi connectivity index (χ2v) is 5.94. The van der Waals surface area contributed by atoms with Gasteiger partial charge in [0.1, 0.15) is 5.69 Å². The predicted molar refractivity (Wildman–Crippen MR) is 82.0 cm³/mol. The van der Waals surface area contributed by atoms with Gasteiger partial charge in [-0.25, -0.2) is 0 Å². The molecule has 106 valence electrons. The van der Waals surface area contributed by atoms with Crippen LogP contribution in [0.1, 0.15) is 49.5 Å². The predicted octanol–water partition coefficient (Wildman–Crippen LogP) is 4.14. The van der Waals surface area contributed by atoms with Crippen molar-refractivity contribution in [2.45, 2.75) is 40.2 Å². The highest BCUT2D eigenvalue weighted by molar-refractivity contribution is 5.85. The minimum atomic E-state index is 0.505. The van der Waals surface area contributed by atoms with E-state index < -0.39 is 0 Å². The molecule has 3 heteroatoms. The number of aldehydes is 1. The van der Waals surface area contributed by atoms with Crippen LogP contribution < -0.4 is 0 Å². The van der Waals surface area contributed by atoms with Crippen molar-refractivity contribution in [2.24, 2.45) is 5.92 Å². The van der Waals surface area contributed by atoms with E-state index >= 15 is 0 Å². The molecule has 0 radical (unpaired) electrons. The van der Waals surface area contributed by atoms with Crippen molar-refractivity contribution >= 4 is 6.29 Å². The zero-order valence-electron chi connectivity index (χ0n) is 12.6. The summed E-state index contributed by atoms with van der Waals surface area (Å²) in [5.41, 5.74) is 3.72. The molecule has 0 amide bonds. The molecule has 0 unspecified atom stereocenters. The summed E-state index contributed by atoms with van der Waals surface area (Å²) >= 11 is 0. The molecule has 1 heterocycles. The second kappa shape index (κ2) is 6.04. The molecule has 0 N–H and O–H groups in total. The molecule has 0 fully saturated rings. The average Bonchev–Trinajstić information content (AvgIpc) is 2.81. The van der Waals surface area contributed by atoms with Gasteiger partial charge in [0.15, 0.2) is 6.29 Å². The summed E-state index contributed by atoms with van der Waals surface area (Å²) in [6.45, 7) is 9.44. The summed E-state index contributed by atoms with van der Waals surface area (Å²) < 4.78 is 1.86. The first-order valence-electron chi connectivity index (χ1n) is 7.14. The van der Waals surface area contributed by atoms with E-state index in [0.717, 1.165) is 24.1 Å². The Balaban J connectivity index is 2.35. The van der Waals surface area contributed by atoms with Gasteiger partial charge in [0.05, 0.1) is 5.56 Å². The van der Waals surface area contributed by atoms with Crippen LogP contribution in [0.3, 0.4) is 0 Å². The number of hydrogen-bond donors (Lipinski definition) is 0. The fraction of sp³-hybridized carbons (Fsp3) is 0.412. The van der Waals surface area contributed by atoms with Gasteiger partial charge in [-0.1, -0.05) is 52.0 Å². The van der Waals surface area contributed by atoms with E-state index in [1.54, 1.807) is 0 Å². The van der Waals surface area contributed by atoms with Gasteiger partial charge in [-0.3, -0.25) is 9.48 Å². The Bertz CT molecular complexity index is 580. The lowest BCUT2D eigenvalue weighted by atomic mass is 10.00. The van der Waals surface area contributed by atoms with Crippen molar-refractivity contribution < 1.29 is 4.79 Å². The summed E-state index contributed by atoms with van der Waals surface area (Å²) in [7, 11) is 0. The van der Waals surface area contributed by atoms with Gasteiger partial charge in [0, 0.05) is 18.3 Å². The van der Waals surface area contributed by atoms with Crippen LogP contribution in [-0.4, -0.2) is 16.1 Å². The van der Waals surface area contributed by atoms with Gasteiger partial charge in [-0.2, -0.15) is 5.10 Å². The topological polar surface area (TPSA) is 34.9 Å². The highest BCUT2D eigenvalue weighted by Gasteiger charge is 2.11. The van der Waals surface area contributed by atoms with Crippen LogP contribution in [0.5, 0.6) is 0 Å². The minimum absolute atomic E-state index is 0.505. The average molecular weight is 270 g/mol. The third-order valence-corrected chi connectivity index (χ3v) is 3.32. The van der Waals surface area contributed by atoms with E-state index in [9.17, 15) is 4.79 Å². The van der Waals surface area contributed by atoms with Crippen molar-refractivity contribution in [3.8, 4) is 11.3 Å². The molecule has 0 aliphatic carbocycles. The molecule has 3 nitrogen and oxygen atoms in total. The lowest BCUT2D eigenvalue weighted by Crippen LogP contribution is -2.04. The lowest BCUT2D eigenvalue weighted by Gasteiger charge is -2.06. The summed E-state index contributed by atoms with van der Waals surface area (Å²) in [5.74, 6) is 1.01. The maximum atomic E-state index is 11.2. The molecule has 2 rings (SSSR count). The molecule has 0 atom stereocenters. The van der Waals surface area contributed by atoms with Crippen LogP contribution in [0.2, 0.25) is 0 Å². The quantitative estimate of drug-likeness (QED) is 0.765. The van der Waals surface area contributed by atoms with Gasteiger partial charge in [0.25, 0.3) is 0 Å². The van der Waals surface area contributed by atoms with Crippen molar-refractivity contribution in [1.29, 1.82) is 0 Å². The van der Waals surface area contributed by atoms with Crippen molar-refractivity contribution in [3.63, 3.8) is 0 Å². The number of benzene rings is 1. The van der Waals surface area contributed by atoms with Crippen LogP contribution in [0.15, 0.2) is 30.5 Å². The highest BCUT2D eigenvalue weighted by Crippen LogP contribution is 2.24. The smallest absolute Gasteiger partial charge is 0.153 e. The fourth-order valence-corrected chi connectivity index (χ4v) is 2.24. The van der Waals surface area contributed by atoms with Crippen molar-refractivity contribution in [3.05, 3.63) is 41.6 Å². The summed E-state index contributed by atoms with van der Waals surface area (Å²) in [6, 6.07) is 8.31. The summed E-state index contributed by atoms with van der Waals surface area (Å²) in [5, 5.41) is 4.55. The first kappa shape index (κ1) is 14.5. The van der Waals surface area contributed by atoms with Crippen LogP contribution >= 0.6 is 0 Å². The standard InChI is InChI=1S/C17H22N2O/c1-12(2)9-19-10-16(11-20)17(18-19)15-7-5-14(6-8-15)13(3)4/h5-8,10-13H,9H2,1-4H3. The van der Waals surface area contributed by atoms with Gasteiger partial charge in [-0.05, 0) is 17.4 Å². The van der Waals surface area contributed by atoms with Crippen LogP contribution in [0.25, 0.3) is 11.3 Å². The molecule has 0 saturated carbocycles. The normalized spacial score (nSPS) is 11.3. The number of carbonyl (C=O) groups excluding carboxylic acids is 1. The summed E-state index contributed by atoms with van der Waals surface area (Å²) in [6.07, 6.45) is 2.72. The molecule has 2 aromatic rings. The first-order chi connectivity index (χ1) is 9.51. The summed E-state index contributed by atoms with van der Waals surface area (Å²) in [4.78, 5) is 11.2. The number of aromatic nitrogens is 2. The van der Waals surface area contributed by atoms with E-state index in [4.69, 9.17) is 0 Å². The van der Waals surface area contributed by atoms with E-state index in [2.05, 4.69) is 44.9 Å². The maximum Gasteiger partial charge on any atom is 0.153 e. The van der Waals surface area contributed by atoms with Gasteiger partial charge < -0.3 is 0 Å². The lowest BCUT2D eigenvalue weighted by molar-refractivity contribution is 0.112. The molecular weight excluding hydrogens is 248 g/mol. The third-order valence-electron chi connectivity index (χ3n) is 3.32. The molecule has 20 heavy (non-hydrogen) atoms. The Morgan fingerprint density at radius 1 is 1.15 bits per heavy atom. The molecule has 0 aliphatic rings. The SMILES string of the molecule is CC(C)Cn1cc(C=O)c(-c2ccc(C(C)C)cc2)n1. The maximum absolute atomic E-state index is 11.2. The Morgan fingerprint density at radius 3 is 2.30 bits per heavy atom. The van der Waals surface area contributed by atoms with Crippen molar-refractivity contribution in [2.75, 3.05) is 0 Å². The number of hydrogen-bond acceptors (Lipinski definition) is 2. The number of rotatable bonds is 5. The largest absolute Gasteiger partial charge is 0.298 e. The zero-order chi connectivity index (χ0) is 14.7. The second-order valence-electron chi connectivity index (χ2n) is 5.94. The molecule has 0 saturated heterocycles. The van der Waals surface area contributed by atoms with Gasteiger partial charge >= 0.3 is 0 Å². The molecule has 0 aliphatic heterocycles.